The molecule has 0 saturated heterocycles. The predicted molar refractivity (Wildman–Crippen MR) is 107 cm³/mol. The van der Waals surface area contributed by atoms with Crippen molar-refractivity contribution in [3.05, 3.63) is 88.9 Å². The monoisotopic (exact) mass is 379 g/mol. The van der Waals surface area contributed by atoms with Gasteiger partial charge in [-0.1, -0.05) is 66.2 Å². The van der Waals surface area contributed by atoms with Crippen LogP contribution in [0.4, 0.5) is 5.69 Å². The van der Waals surface area contributed by atoms with Crippen molar-refractivity contribution in [3.8, 4) is 11.1 Å². The lowest BCUT2D eigenvalue weighted by atomic mass is 10.0. The number of carbonyl (C=O) groups excluding carboxylic acids is 2. The fourth-order valence-electron chi connectivity index (χ4n) is 2.71. The molecule has 0 unspecified atom stereocenters. The van der Waals surface area contributed by atoms with E-state index in [9.17, 15) is 9.59 Å². The van der Waals surface area contributed by atoms with Gasteiger partial charge >= 0.3 is 5.97 Å². The Kier molecular flexibility index (Phi) is 5.89. The van der Waals surface area contributed by atoms with Crippen molar-refractivity contribution in [1.29, 1.82) is 0 Å². The van der Waals surface area contributed by atoms with Gasteiger partial charge in [-0.05, 0) is 34.9 Å². The fraction of sp³-hybridized carbons (Fsp3) is 0.0909. The van der Waals surface area contributed by atoms with E-state index in [1.165, 1.54) is 13.2 Å². The first-order chi connectivity index (χ1) is 13.1. The minimum absolute atomic E-state index is 0.180. The van der Waals surface area contributed by atoms with Gasteiger partial charge in [-0.2, -0.15) is 0 Å². The van der Waals surface area contributed by atoms with Crippen molar-refractivity contribution in [2.24, 2.45) is 0 Å². The maximum Gasteiger partial charge on any atom is 0.339 e. The van der Waals surface area contributed by atoms with Gasteiger partial charge in [0.25, 0.3) is 0 Å². The number of carbonyl (C=O) groups is 2. The average Bonchev–Trinajstić information content (AvgIpc) is 2.70. The molecular weight excluding hydrogens is 362 g/mol. The highest BCUT2D eigenvalue weighted by Crippen LogP contribution is 2.22. The molecule has 3 aromatic carbocycles. The van der Waals surface area contributed by atoms with Gasteiger partial charge in [0.05, 0.1) is 24.1 Å². The first-order valence-electron chi connectivity index (χ1n) is 8.39. The molecule has 27 heavy (non-hydrogen) atoms. The highest BCUT2D eigenvalue weighted by Gasteiger charge is 2.13. The first-order valence-corrected chi connectivity index (χ1v) is 8.76. The van der Waals surface area contributed by atoms with E-state index in [1.807, 2.05) is 54.6 Å². The molecule has 0 saturated carbocycles. The van der Waals surface area contributed by atoms with E-state index >= 15 is 0 Å². The molecule has 4 nitrogen and oxygen atoms in total. The molecule has 0 aliphatic heterocycles. The molecule has 0 spiro atoms. The molecule has 1 N–H and O–H groups in total. The molecule has 3 aromatic rings. The Labute approximate surface area is 162 Å². The Balaban J connectivity index is 1.67. The maximum absolute atomic E-state index is 12.3. The molecule has 0 aliphatic rings. The molecule has 3 rings (SSSR count). The molecule has 0 bridgehead atoms. The number of methoxy groups -OCH3 is 1. The van der Waals surface area contributed by atoms with Gasteiger partial charge in [-0.3, -0.25) is 4.79 Å². The van der Waals surface area contributed by atoms with E-state index in [-0.39, 0.29) is 22.9 Å². The van der Waals surface area contributed by atoms with E-state index in [4.69, 9.17) is 11.6 Å². The second-order valence-corrected chi connectivity index (χ2v) is 6.38. The van der Waals surface area contributed by atoms with E-state index in [0.717, 1.165) is 16.7 Å². The summed E-state index contributed by atoms with van der Waals surface area (Å²) in [4.78, 5) is 24.0. The Bertz CT molecular complexity index is 953. The van der Waals surface area contributed by atoms with E-state index in [0.29, 0.717) is 5.69 Å². The number of anilines is 1. The topological polar surface area (TPSA) is 55.4 Å². The van der Waals surface area contributed by atoms with Crippen molar-refractivity contribution in [3.63, 3.8) is 0 Å². The summed E-state index contributed by atoms with van der Waals surface area (Å²) in [6.45, 7) is 0. The third kappa shape index (κ3) is 4.74. The van der Waals surface area contributed by atoms with Gasteiger partial charge in [-0.25, -0.2) is 4.79 Å². The Morgan fingerprint density at radius 2 is 1.59 bits per heavy atom. The van der Waals surface area contributed by atoms with Crippen molar-refractivity contribution in [2.75, 3.05) is 12.4 Å². The molecule has 0 aliphatic carbocycles. The average molecular weight is 380 g/mol. The summed E-state index contributed by atoms with van der Waals surface area (Å²) >= 11 is 5.99. The third-order valence-corrected chi connectivity index (χ3v) is 4.41. The van der Waals surface area contributed by atoms with E-state index in [2.05, 4.69) is 10.1 Å². The van der Waals surface area contributed by atoms with Crippen LogP contribution < -0.4 is 5.32 Å². The van der Waals surface area contributed by atoms with Gasteiger partial charge in [0.15, 0.2) is 0 Å². The minimum atomic E-state index is -0.549. The number of hydrogen-bond donors (Lipinski definition) is 1. The quantitative estimate of drug-likeness (QED) is 0.636. The number of halogens is 1. The van der Waals surface area contributed by atoms with Crippen LogP contribution in [0.15, 0.2) is 72.8 Å². The van der Waals surface area contributed by atoms with Crippen LogP contribution in [0.25, 0.3) is 11.1 Å². The standard InChI is InChI=1S/C22H18ClNO3/c1-27-22(26)19-14-18(11-12-20(19)23)24-21(25)13-15-7-9-17(10-8-15)16-5-3-2-4-6-16/h2-12,14H,13H2,1H3,(H,24,25). The Morgan fingerprint density at radius 1 is 0.926 bits per heavy atom. The molecule has 136 valence electrons. The number of esters is 1. The summed E-state index contributed by atoms with van der Waals surface area (Å²) < 4.78 is 4.68. The molecule has 0 aromatic heterocycles. The molecule has 0 fully saturated rings. The first kappa shape index (κ1) is 18.7. The van der Waals surface area contributed by atoms with Gasteiger partial charge < -0.3 is 10.1 Å². The lowest BCUT2D eigenvalue weighted by molar-refractivity contribution is -0.115. The van der Waals surface area contributed by atoms with Crippen molar-refractivity contribution in [1.82, 2.24) is 0 Å². The van der Waals surface area contributed by atoms with Gasteiger partial charge in [-0.15, -0.1) is 0 Å². The molecule has 0 radical (unpaired) electrons. The normalized spacial score (nSPS) is 10.3. The van der Waals surface area contributed by atoms with Crippen molar-refractivity contribution in [2.45, 2.75) is 6.42 Å². The van der Waals surface area contributed by atoms with Crippen LogP contribution >= 0.6 is 11.6 Å². The van der Waals surface area contributed by atoms with Crippen LogP contribution in [0.1, 0.15) is 15.9 Å². The number of nitrogens with one attached hydrogen (secondary N) is 1. The lowest BCUT2D eigenvalue weighted by Crippen LogP contribution is -2.15. The lowest BCUT2D eigenvalue weighted by Gasteiger charge is -2.09. The number of amides is 1. The van der Waals surface area contributed by atoms with Crippen LogP contribution in [-0.2, 0) is 16.0 Å². The molecular formula is C22H18ClNO3. The number of benzene rings is 3. The molecule has 1 amide bonds. The van der Waals surface area contributed by atoms with E-state index < -0.39 is 5.97 Å². The number of ether oxygens (including phenoxy) is 1. The van der Waals surface area contributed by atoms with Crippen LogP contribution in [0.2, 0.25) is 5.02 Å². The number of hydrogen-bond acceptors (Lipinski definition) is 3. The summed E-state index contributed by atoms with van der Waals surface area (Å²) in [6.07, 6.45) is 0.227. The summed E-state index contributed by atoms with van der Waals surface area (Å²) in [5.41, 5.74) is 3.83. The fourth-order valence-corrected chi connectivity index (χ4v) is 2.90. The van der Waals surface area contributed by atoms with Gasteiger partial charge in [0, 0.05) is 5.69 Å². The summed E-state index contributed by atoms with van der Waals surface area (Å²) in [6, 6.07) is 22.6. The molecule has 5 heteroatoms. The SMILES string of the molecule is COC(=O)c1cc(NC(=O)Cc2ccc(-c3ccccc3)cc2)ccc1Cl. The van der Waals surface area contributed by atoms with Gasteiger partial charge in [0.1, 0.15) is 0 Å². The summed E-state index contributed by atoms with van der Waals surface area (Å²) in [5, 5.41) is 3.05. The second kappa shape index (κ2) is 8.52. The van der Waals surface area contributed by atoms with E-state index in [1.54, 1.807) is 12.1 Å². The Morgan fingerprint density at radius 3 is 2.26 bits per heavy atom. The number of rotatable bonds is 5. The van der Waals surface area contributed by atoms with Crippen LogP contribution in [0.5, 0.6) is 0 Å². The molecule has 0 atom stereocenters. The summed E-state index contributed by atoms with van der Waals surface area (Å²) in [7, 11) is 1.28. The van der Waals surface area contributed by atoms with Crippen LogP contribution in [0.3, 0.4) is 0 Å². The maximum atomic E-state index is 12.3. The minimum Gasteiger partial charge on any atom is -0.465 e. The zero-order chi connectivity index (χ0) is 19.2. The molecule has 0 heterocycles. The highest BCUT2D eigenvalue weighted by atomic mass is 35.5. The zero-order valence-corrected chi connectivity index (χ0v) is 15.5. The predicted octanol–water partition coefficient (Wildman–Crippen LogP) is 4.97. The van der Waals surface area contributed by atoms with Crippen molar-refractivity contribution >= 4 is 29.2 Å². The van der Waals surface area contributed by atoms with Crippen molar-refractivity contribution < 1.29 is 14.3 Å². The smallest absolute Gasteiger partial charge is 0.339 e. The third-order valence-electron chi connectivity index (χ3n) is 4.08. The van der Waals surface area contributed by atoms with Crippen LogP contribution in [-0.4, -0.2) is 19.0 Å². The Hall–Kier alpha value is -3.11. The highest BCUT2D eigenvalue weighted by molar-refractivity contribution is 6.33. The second-order valence-electron chi connectivity index (χ2n) is 5.97. The van der Waals surface area contributed by atoms with Crippen LogP contribution in [0, 0.1) is 0 Å². The van der Waals surface area contributed by atoms with Gasteiger partial charge in [0.2, 0.25) is 5.91 Å². The largest absolute Gasteiger partial charge is 0.465 e. The zero-order valence-electron chi connectivity index (χ0n) is 14.7. The summed E-state index contributed by atoms with van der Waals surface area (Å²) in [5.74, 6) is -0.729.